The van der Waals surface area contributed by atoms with Crippen LogP contribution >= 0.6 is 0 Å². The summed E-state index contributed by atoms with van der Waals surface area (Å²) >= 11 is 0. The number of benzene rings is 1. The van der Waals surface area contributed by atoms with Crippen molar-refractivity contribution in [1.29, 1.82) is 0 Å². The minimum Gasteiger partial charge on any atom is -0.494 e. The second-order valence-corrected chi connectivity index (χ2v) is 5.83. The molecule has 108 valence electrons. The SMILES string of the molecule is CCOc1ccc(NCC2CC3C=CC2C3)cc1CO. The molecule has 1 saturated carbocycles. The summed E-state index contributed by atoms with van der Waals surface area (Å²) in [4.78, 5) is 0. The summed E-state index contributed by atoms with van der Waals surface area (Å²) in [5.41, 5.74) is 1.92. The number of hydrogen-bond acceptors (Lipinski definition) is 3. The van der Waals surface area contributed by atoms with E-state index in [2.05, 4.69) is 17.5 Å². The highest BCUT2D eigenvalue weighted by Crippen LogP contribution is 2.43. The Morgan fingerprint density at radius 3 is 2.85 bits per heavy atom. The summed E-state index contributed by atoms with van der Waals surface area (Å²) in [5, 5.41) is 12.9. The summed E-state index contributed by atoms with van der Waals surface area (Å²) in [5.74, 6) is 3.13. The molecule has 1 aromatic rings. The summed E-state index contributed by atoms with van der Waals surface area (Å²) in [6.07, 6.45) is 7.43. The topological polar surface area (TPSA) is 41.5 Å². The Morgan fingerprint density at radius 2 is 2.20 bits per heavy atom. The summed E-state index contributed by atoms with van der Waals surface area (Å²) in [6, 6.07) is 5.97. The zero-order valence-corrected chi connectivity index (χ0v) is 12.0. The third-order valence-corrected chi connectivity index (χ3v) is 4.52. The molecule has 0 radical (unpaired) electrons. The normalized spacial score (nSPS) is 27.0. The molecule has 3 unspecified atom stereocenters. The molecule has 0 amide bonds. The Labute approximate surface area is 120 Å². The Hall–Kier alpha value is -1.48. The second kappa shape index (κ2) is 5.88. The average molecular weight is 273 g/mol. The van der Waals surface area contributed by atoms with Crippen LogP contribution in [0.4, 0.5) is 5.69 Å². The molecule has 20 heavy (non-hydrogen) atoms. The van der Waals surface area contributed by atoms with Gasteiger partial charge in [-0.15, -0.1) is 0 Å². The predicted octanol–water partition coefficient (Wildman–Crippen LogP) is 3.20. The molecule has 3 atom stereocenters. The van der Waals surface area contributed by atoms with E-state index in [0.717, 1.165) is 41.3 Å². The average Bonchev–Trinajstić information content (AvgIpc) is 3.09. The van der Waals surface area contributed by atoms with Gasteiger partial charge in [0, 0.05) is 17.8 Å². The van der Waals surface area contributed by atoms with Crippen molar-refractivity contribution in [3.05, 3.63) is 35.9 Å². The molecule has 3 nitrogen and oxygen atoms in total. The number of aliphatic hydroxyl groups is 1. The standard InChI is InChI=1S/C17H23NO2/c1-2-20-17-6-5-16(9-15(17)11-19)18-10-14-8-12-3-4-13(14)7-12/h3-6,9,12-14,18-19H,2,7-8,10-11H2,1H3. The first-order valence-electron chi connectivity index (χ1n) is 7.59. The minimum atomic E-state index is 0.0156. The lowest BCUT2D eigenvalue weighted by Gasteiger charge is -2.20. The zero-order valence-electron chi connectivity index (χ0n) is 12.0. The van der Waals surface area contributed by atoms with Crippen LogP contribution in [0.15, 0.2) is 30.4 Å². The molecule has 0 spiro atoms. The predicted molar refractivity (Wildman–Crippen MR) is 80.9 cm³/mol. The smallest absolute Gasteiger partial charge is 0.124 e. The van der Waals surface area contributed by atoms with Crippen LogP contribution in [-0.4, -0.2) is 18.3 Å². The van der Waals surface area contributed by atoms with Gasteiger partial charge in [-0.25, -0.2) is 0 Å². The van der Waals surface area contributed by atoms with Gasteiger partial charge in [-0.05, 0) is 55.7 Å². The highest BCUT2D eigenvalue weighted by atomic mass is 16.5. The van der Waals surface area contributed by atoms with Crippen LogP contribution in [0, 0.1) is 17.8 Å². The third-order valence-electron chi connectivity index (χ3n) is 4.52. The van der Waals surface area contributed by atoms with Gasteiger partial charge in [-0.3, -0.25) is 0 Å². The first-order valence-corrected chi connectivity index (χ1v) is 7.59. The van der Waals surface area contributed by atoms with Crippen molar-refractivity contribution in [2.75, 3.05) is 18.5 Å². The van der Waals surface area contributed by atoms with Gasteiger partial charge in [-0.2, -0.15) is 0 Å². The van der Waals surface area contributed by atoms with Gasteiger partial charge in [-0.1, -0.05) is 12.2 Å². The van der Waals surface area contributed by atoms with Crippen LogP contribution in [0.3, 0.4) is 0 Å². The van der Waals surface area contributed by atoms with E-state index in [1.54, 1.807) is 0 Å². The largest absolute Gasteiger partial charge is 0.494 e. The van der Waals surface area contributed by atoms with Crippen LogP contribution in [0.1, 0.15) is 25.3 Å². The first-order chi connectivity index (χ1) is 9.80. The lowest BCUT2D eigenvalue weighted by molar-refractivity contribution is 0.267. The fourth-order valence-corrected chi connectivity index (χ4v) is 3.49. The molecule has 0 saturated heterocycles. The van der Waals surface area contributed by atoms with E-state index < -0.39 is 0 Å². The highest BCUT2D eigenvalue weighted by molar-refractivity contribution is 5.51. The van der Waals surface area contributed by atoms with Crippen molar-refractivity contribution in [3.8, 4) is 5.75 Å². The summed E-state index contributed by atoms with van der Waals surface area (Å²) in [7, 11) is 0. The number of ether oxygens (including phenoxy) is 1. The van der Waals surface area contributed by atoms with Gasteiger partial charge >= 0.3 is 0 Å². The number of nitrogens with one attached hydrogen (secondary N) is 1. The lowest BCUT2D eigenvalue weighted by atomic mass is 9.93. The maximum Gasteiger partial charge on any atom is 0.124 e. The van der Waals surface area contributed by atoms with E-state index in [9.17, 15) is 5.11 Å². The Kier molecular flexibility index (Phi) is 3.97. The van der Waals surface area contributed by atoms with E-state index in [4.69, 9.17) is 4.74 Å². The van der Waals surface area contributed by atoms with E-state index in [-0.39, 0.29) is 6.61 Å². The Morgan fingerprint density at radius 1 is 1.30 bits per heavy atom. The summed E-state index contributed by atoms with van der Waals surface area (Å²) in [6.45, 7) is 3.61. The lowest BCUT2D eigenvalue weighted by Crippen LogP contribution is -2.18. The monoisotopic (exact) mass is 273 g/mol. The van der Waals surface area contributed by atoms with Crippen molar-refractivity contribution in [1.82, 2.24) is 0 Å². The van der Waals surface area contributed by atoms with E-state index in [1.807, 2.05) is 25.1 Å². The van der Waals surface area contributed by atoms with Gasteiger partial charge in [0.2, 0.25) is 0 Å². The third kappa shape index (κ3) is 2.68. The first kappa shape index (κ1) is 13.5. The number of anilines is 1. The number of allylic oxidation sites excluding steroid dienone is 2. The molecule has 2 aliphatic carbocycles. The fourth-order valence-electron chi connectivity index (χ4n) is 3.49. The molecule has 3 heteroatoms. The van der Waals surface area contributed by atoms with Gasteiger partial charge < -0.3 is 15.2 Å². The van der Waals surface area contributed by atoms with Gasteiger partial charge in [0.15, 0.2) is 0 Å². The molecule has 2 aliphatic rings. The molecule has 1 fully saturated rings. The van der Waals surface area contributed by atoms with Crippen molar-refractivity contribution in [3.63, 3.8) is 0 Å². The molecular weight excluding hydrogens is 250 g/mol. The number of aliphatic hydroxyl groups excluding tert-OH is 1. The fraction of sp³-hybridized carbons (Fsp3) is 0.529. The molecular formula is C17H23NO2. The molecule has 0 aromatic heterocycles. The minimum absolute atomic E-state index is 0.0156. The highest BCUT2D eigenvalue weighted by Gasteiger charge is 2.35. The van der Waals surface area contributed by atoms with Crippen LogP contribution in [0.2, 0.25) is 0 Å². The van der Waals surface area contributed by atoms with Crippen LogP contribution in [-0.2, 0) is 6.61 Å². The maximum atomic E-state index is 9.42. The van der Waals surface area contributed by atoms with Crippen LogP contribution in [0.5, 0.6) is 5.75 Å². The molecule has 0 aliphatic heterocycles. The van der Waals surface area contributed by atoms with E-state index in [1.165, 1.54) is 12.8 Å². The molecule has 0 heterocycles. The van der Waals surface area contributed by atoms with Crippen molar-refractivity contribution in [2.24, 2.45) is 17.8 Å². The quantitative estimate of drug-likeness (QED) is 0.782. The molecule has 3 rings (SSSR count). The van der Waals surface area contributed by atoms with Gasteiger partial charge in [0.1, 0.15) is 5.75 Å². The molecule has 2 bridgehead atoms. The Bertz CT molecular complexity index is 498. The van der Waals surface area contributed by atoms with E-state index in [0.29, 0.717) is 6.61 Å². The van der Waals surface area contributed by atoms with Crippen LogP contribution < -0.4 is 10.1 Å². The maximum absolute atomic E-state index is 9.42. The van der Waals surface area contributed by atoms with Gasteiger partial charge in [0.25, 0.3) is 0 Å². The summed E-state index contributed by atoms with van der Waals surface area (Å²) < 4.78 is 5.50. The van der Waals surface area contributed by atoms with Gasteiger partial charge in [0.05, 0.1) is 13.2 Å². The number of rotatable bonds is 6. The van der Waals surface area contributed by atoms with E-state index >= 15 is 0 Å². The van der Waals surface area contributed by atoms with Crippen molar-refractivity contribution < 1.29 is 9.84 Å². The molecule has 1 aromatic carbocycles. The number of fused-ring (bicyclic) bond motifs is 2. The van der Waals surface area contributed by atoms with Crippen molar-refractivity contribution in [2.45, 2.75) is 26.4 Å². The second-order valence-electron chi connectivity index (χ2n) is 5.83. The van der Waals surface area contributed by atoms with Crippen molar-refractivity contribution >= 4 is 5.69 Å². The Balaban J connectivity index is 1.61. The molecule has 2 N–H and O–H groups in total. The number of hydrogen-bond donors (Lipinski definition) is 2. The van der Waals surface area contributed by atoms with Crippen LogP contribution in [0.25, 0.3) is 0 Å². The zero-order chi connectivity index (χ0) is 13.9.